The molecule has 0 radical (unpaired) electrons. The van der Waals surface area contributed by atoms with E-state index in [1.54, 1.807) is 0 Å². The Kier molecular flexibility index (Phi) is 2.29. The van der Waals surface area contributed by atoms with Crippen molar-refractivity contribution in [2.45, 2.75) is 6.54 Å². The van der Waals surface area contributed by atoms with Crippen LogP contribution in [0.1, 0.15) is 5.69 Å². The number of nitrogens with two attached hydrogens (primary N) is 1. The third-order valence-corrected chi connectivity index (χ3v) is 1.25. The minimum absolute atomic E-state index is 0.0153. The van der Waals surface area contributed by atoms with E-state index in [4.69, 9.17) is 5.73 Å². The molecule has 2 N–H and O–H groups in total. The number of rotatable bonds is 2. The summed E-state index contributed by atoms with van der Waals surface area (Å²) in [5.74, 6) is -0.885. The predicted octanol–water partition coefficient (Wildman–Crippen LogP) is 0.588. The van der Waals surface area contributed by atoms with Crippen molar-refractivity contribution in [3.05, 3.63) is 33.9 Å². The fraction of sp³-hybridized carbons (Fsp3) is 0.167. The van der Waals surface area contributed by atoms with E-state index in [9.17, 15) is 14.5 Å². The molecule has 0 spiro atoms. The summed E-state index contributed by atoms with van der Waals surface area (Å²) in [6.45, 7) is -0.0153. The van der Waals surface area contributed by atoms with Crippen LogP contribution < -0.4 is 5.73 Å². The van der Waals surface area contributed by atoms with Crippen LogP contribution in [0, 0.1) is 16.1 Å². The van der Waals surface area contributed by atoms with Gasteiger partial charge < -0.3 is 5.73 Å². The van der Waals surface area contributed by atoms with E-state index in [1.807, 2.05) is 0 Å². The van der Waals surface area contributed by atoms with Crippen LogP contribution in [0.25, 0.3) is 0 Å². The summed E-state index contributed by atoms with van der Waals surface area (Å²) < 4.78 is 12.5. The first kappa shape index (κ1) is 8.54. The van der Waals surface area contributed by atoms with Gasteiger partial charge in [0.15, 0.2) is 0 Å². The van der Waals surface area contributed by atoms with Gasteiger partial charge in [-0.25, -0.2) is 4.98 Å². The van der Waals surface area contributed by atoms with E-state index in [-0.39, 0.29) is 17.9 Å². The van der Waals surface area contributed by atoms with Crippen molar-refractivity contribution in [3.63, 3.8) is 0 Å². The summed E-state index contributed by atoms with van der Waals surface area (Å²) in [7, 11) is 0. The summed E-state index contributed by atoms with van der Waals surface area (Å²) in [6.07, 6.45) is 0. The zero-order valence-electron chi connectivity index (χ0n) is 6.03. The predicted molar refractivity (Wildman–Crippen MR) is 38.7 cm³/mol. The zero-order valence-corrected chi connectivity index (χ0v) is 6.03. The Morgan fingerprint density at radius 1 is 1.67 bits per heavy atom. The lowest BCUT2D eigenvalue weighted by Crippen LogP contribution is -2.02. The van der Waals surface area contributed by atoms with Gasteiger partial charge in [0.1, 0.15) is 0 Å². The first-order chi connectivity index (χ1) is 5.63. The number of pyridine rings is 1. The maximum absolute atomic E-state index is 12.5. The number of nitrogens with zero attached hydrogens (tertiary/aromatic N) is 2. The van der Waals surface area contributed by atoms with Gasteiger partial charge in [0.05, 0.1) is 16.7 Å². The maximum atomic E-state index is 12.5. The first-order valence-corrected chi connectivity index (χ1v) is 3.14. The van der Waals surface area contributed by atoms with Gasteiger partial charge in [0.2, 0.25) is 5.95 Å². The Balaban J connectivity index is 3.15. The highest BCUT2D eigenvalue weighted by Crippen LogP contribution is 2.12. The lowest BCUT2D eigenvalue weighted by molar-refractivity contribution is -0.385. The molecule has 0 aliphatic rings. The van der Waals surface area contributed by atoms with Crippen molar-refractivity contribution in [1.82, 2.24) is 4.98 Å². The summed E-state index contributed by atoms with van der Waals surface area (Å²) >= 11 is 0. The molecule has 0 bridgehead atoms. The fourth-order valence-corrected chi connectivity index (χ4v) is 0.746. The fourth-order valence-electron chi connectivity index (χ4n) is 0.746. The van der Waals surface area contributed by atoms with E-state index >= 15 is 0 Å². The second-order valence-corrected chi connectivity index (χ2v) is 2.10. The van der Waals surface area contributed by atoms with Crippen LogP contribution in [-0.4, -0.2) is 9.91 Å². The Hall–Kier alpha value is -1.56. The Morgan fingerprint density at radius 3 is 2.83 bits per heavy atom. The third-order valence-electron chi connectivity index (χ3n) is 1.25. The van der Waals surface area contributed by atoms with Crippen molar-refractivity contribution in [2.75, 3.05) is 0 Å². The van der Waals surface area contributed by atoms with Crippen molar-refractivity contribution in [2.24, 2.45) is 5.73 Å². The van der Waals surface area contributed by atoms with Crippen LogP contribution in [-0.2, 0) is 6.54 Å². The SMILES string of the molecule is NCc1cc([N+](=O)[O-])cc(F)n1. The molecule has 0 saturated heterocycles. The number of hydrogen-bond acceptors (Lipinski definition) is 4. The van der Waals surface area contributed by atoms with Crippen LogP contribution in [0.15, 0.2) is 12.1 Å². The van der Waals surface area contributed by atoms with E-state index in [0.29, 0.717) is 0 Å². The quantitative estimate of drug-likeness (QED) is 0.401. The van der Waals surface area contributed by atoms with Gasteiger partial charge >= 0.3 is 0 Å². The Morgan fingerprint density at radius 2 is 2.33 bits per heavy atom. The lowest BCUT2D eigenvalue weighted by atomic mass is 10.3. The van der Waals surface area contributed by atoms with Crippen LogP contribution in [0.5, 0.6) is 0 Å². The van der Waals surface area contributed by atoms with Crippen LogP contribution in [0.2, 0.25) is 0 Å². The maximum Gasteiger partial charge on any atom is 0.275 e. The van der Waals surface area contributed by atoms with Gasteiger partial charge in [-0.05, 0) is 0 Å². The summed E-state index contributed by atoms with van der Waals surface area (Å²) in [5.41, 5.74) is 4.97. The smallest absolute Gasteiger partial charge is 0.275 e. The van der Waals surface area contributed by atoms with E-state index in [0.717, 1.165) is 12.1 Å². The highest BCUT2D eigenvalue weighted by atomic mass is 19.1. The molecule has 0 atom stereocenters. The van der Waals surface area contributed by atoms with Gasteiger partial charge in [-0.2, -0.15) is 4.39 Å². The largest absolute Gasteiger partial charge is 0.325 e. The molecule has 12 heavy (non-hydrogen) atoms. The van der Waals surface area contributed by atoms with Crippen LogP contribution in [0.3, 0.4) is 0 Å². The molecule has 0 fully saturated rings. The normalized spacial score (nSPS) is 9.83. The second-order valence-electron chi connectivity index (χ2n) is 2.10. The standard InChI is InChI=1S/C6H6FN3O2/c7-6-2-5(10(11)12)1-4(3-8)9-6/h1-2H,3,8H2. The molecule has 6 heteroatoms. The topological polar surface area (TPSA) is 82.0 Å². The number of halogens is 1. The molecule has 0 aromatic carbocycles. The summed E-state index contributed by atoms with van der Waals surface area (Å²) in [4.78, 5) is 12.8. The monoisotopic (exact) mass is 171 g/mol. The van der Waals surface area contributed by atoms with Gasteiger partial charge in [0, 0.05) is 12.6 Å². The van der Waals surface area contributed by atoms with Crippen molar-refractivity contribution < 1.29 is 9.31 Å². The molecule has 64 valence electrons. The number of hydrogen-bond donors (Lipinski definition) is 1. The molecule has 1 aromatic rings. The molecule has 0 saturated carbocycles. The minimum Gasteiger partial charge on any atom is -0.325 e. The van der Waals surface area contributed by atoms with Gasteiger partial charge in [-0.3, -0.25) is 10.1 Å². The molecule has 1 rings (SSSR count). The highest BCUT2D eigenvalue weighted by molar-refractivity contribution is 5.30. The molecule has 1 heterocycles. The molecule has 0 aliphatic heterocycles. The second kappa shape index (κ2) is 3.22. The molecular formula is C6H6FN3O2. The van der Waals surface area contributed by atoms with Gasteiger partial charge in [0.25, 0.3) is 5.69 Å². The molecule has 0 amide bonds. The number of nitro groups is 1. The van der Waals surface area contributed by atoms with Crippen molar-refractivity contribution >= 4 is 5.69 Å². The van der Waals surface area contributed by atoms with Crippen LogP contribution >= 0.6 is 0 Å². The van der Waals surface area contributed by atoms with Crippen molar-refractivity contribution in [1.29, 1.82) is 0 Å². The van der Waals surface area contributed by atoms with E-state index in [2.05, 4.69) is 4.98 Å². The molecule has 5 nitrogen and oxygen atoms in total. The lowest BCUT2D eigenvalue weighted by Gasteiger charge is -1.95. The van der Waals surface area contributed by atoms with Crippen molar-refractivity contribution in [3.8, 4) is 0 Å². The average Bonchev–Trinajstić information content (AvgIpc) is 2.03. The Bertz CT molecular complexity index is 316. The minimum atomic E-state index is -0.885. The molecule has 0 aliphatic carbocycles. The molecule has 1 aromatic heterocycles. The van der Waals surface area contributed by atoms with E-state index < -0.39 is 10.9 Å². The average molecular weight is 171 g/mol. The van der Waals surface area contributed by atoms with Gasteiger partial charge in [-0.1, -0.05) is 0 Å². The first-order valence-electron chi connectivity index (χ1n) is 3.14. The molecule has 0 unspecified atom stereocenters. The third kappa shape index (κ3) is 1.73. The summed E-state index contributed by atoms with van der Waals surface area (Å²) in [5, 5.41) is 10.2. The summed E-state index contributed by atoms with van der Waals surface area (Å²) in [6, 6.07) is 1.89. The van der Waals surface area contributed by atoms with E-state index in [1.165, 1.54) is 0 Å². The molecular weight excluding hydrogens is 165 g/mol. The number of aromatic nitrogens is 1. The highest BCUT2D eigenvalue weighted by Gasteiger charge is 2.09. The zero-order chi connectivity index (χ0) is 9.14. The van der Waals surface area contributed by atoms with Gasteiger partial charge in [-0.15, -0.1) is 0 Å². The van der Waals surface area contributed by atoms with Crippen LogP contribution in [0.4, 0.5) is 10.1 Å². The Labute approximate surface area is 67.2 Å².